The predicted octanol–water partition coefficient (Wildman–Crippen LogP) is 16.4. The highest BCUT2D eigenvalue weighted by atomic mass is 15.3. The van der Waals surface area contributed by atoms with E-state index < -0.39 is 11.1 Å². The summed E-state index contributed by atoms with van der Waals surface area (Å²) in [5, 5.41) is 16.2. The summed E-state index contributed by atoms with van der Waals surface area (Å²) in [5.74, 6) is 0. The molecule has 0 fully saturated rings. The molecule has 12 rings (SSSR count). The molecule has 11 aromatic rings. The van der Waals surface area contributed by atoms with Gasteiger partial charge in [0.05, 0.1) is 51.6 Å². The Hall–Kier alpha value is -8.48. The first-order valence-corrected chi connectivity index (χ1v) is 23.3. The Labute approximate surface area is 396 Å². The molecule has 0 aliphatic carbocycles. The van der Waals surface area contributed by atoms with Crippen molar-refractivity contribution in [3.63, 3.8) is 0 Å². The number of nitriles is 1. The minimum absolute atomic E-state index is 0.339. The molecule has 9 aromatic carbocycles. The van der Waals surface area contributed by atoms with Gasteiger partial charge in [-0.15, -0.1) is 0 Å². The second-order valence-corrected chi connectivity index (χ2v) is 19.1. The lowest BCUT2D eigenvalue weighted by atomic mass is 9.84. The molecular formula is C63H47N5. The van der Waals surface area contributed by atoms with E-state index in [0.29, 0.717) is 11.3 Å². The highest BCUT2D eigenvalue weighted by Gasteiger charge is 2.52. The molecule has 1 aliphatic heterocycles. The first kappa shape index (κ1) is 41.0. The third kappa shape index (κ3) is 5.96. The minimum atomic E-state index is -0.590. The van der Waals surface area contributed by atoms with Crippen LogP contribution in [0.15, 0.2) is 194 Å². The van der Waals surface area contributed by atoms with Gasteiger partial charge in [-0.1, -0.05) is 158 Å². The fourth-order valence-electron chi connectivity index (χ4n) is 11.4. The third-order valence-corrected chi connectivity index (χ3v) is 15.0. The summed E-state index contributed by atoms with van der Waals surface area (Å²) in [7, 11) is 2.19. The monoisotopic (exact) mass is 873 g/mol. The summed E-state index contributed by atoms with van der Waals surface area (Å²) < 4.78 is 4.62. The molecule has 3 heterocycles. The van der Waals surface area contributed by atoms with Crippen molar-refractivity contribution in [1.29, 1.82) is 5.26 Å². The maximum atomic E-state index is 11.9. The van der Waals surface area contributed by atoms with Gasteiger partial charge < -0.3 is 9.13 Å². The smallest absolute Gasteiger partial charge is 0.230 e. The van der Waals surface area contributed by atoms with E-state index in [1.807, 2.05) is 24.3 Å². The molecule has 68 heavy (non-hydrogen) atoms. The molecule has 0 atom stereocenters. The van der Waals surface area contributed by atoms with Crippen LogP contribution < -0.4 is 0 Å². The molecule has 5 heteroatoms. The molecule has 5 nitrogen and oxygen atoms in total. The van der Waals surface area contributed by atoms with Crippen molar-refractivity contribution in [1.82, 2.24) is 14.0 Å². The van der Waals surface area contributed by atoms with Crippen LogP contribution in [-0.2, 0) is 11.1 Å². The minimum Gasteiger partial charge on any atom is -0.319 e. The van der Waals surface area contributed by atoms with Crippen molar-refractivity contribution in [2.45, 2.75) is 38.8 Å². The van der Waals surface area contributed by atoms with Crippen LogP contribution in [0.1, 0.15) is 44.4 Å². The quantitative estimate of drug-likeness (QED) is 0.156. The molecule has 0 N–H and O–H groups in total. The van der Waals surface area contributed by atoms with Crippen LogP contribution in [-0.4, -0.2) is 21.1 Å². The summed E-state index contributed by atoms with van der Waals surface area (Å²) in [6.07, 6.45) is 0. The average molecular weight is 874 g/mol. The topological polar surface area (TPSA) is 41.2 Å². The van der Waals surface area contributed by atoms with Crippen LogP contribution >= 0.6 is 0 Å². The maximum absolute atomic E-state index is 11.9. The molecule has 1 aliphatic rings. The van der Waals surface area contributed by atoms with Gasteiger partial charge in [-0.3, -0.25) is 4.90 Å². The average Bonchev–Trinajstić information content (AvgIpc) is 3.93. The van der Waals surface area contributed by atoms with Crippen molar-refractivity contribution in [3.8, 4) is 62.0 Å². The van der Waals surface area contributed by atoms with E-state index in [4.69, 9.17) is 0 Å². The van der Waals surface area contributed by atoms with Gasteiger partial charge in [-0.2, -0.15) is 5.26 Å². The SMILES string of the molecule is [C-]#[N+]c1c(C#N)c(-n2c3ccc(-c4ccccc4)cc3c3ccc(-c4ccccc4)cc32)c2c(c1-n1c3ccc(-c4ccccc4)cc3c3ccc(-c4ccccc4)cc31)C(C)(C)N(C)C2(C)C. The summed E-state index contributed by atoms with van der Waals surface area (Å²) in [6.45, 7) is 18.4. The van der Waals surface area contributed by atoms with E-state index in [2.05, 4.69) is 230 Å². The normalized spacial score (nSPS) is 14.1. The van der Waals surface area contributed by atoms with Gasteiger partial charge in [0, 0.05) is 38.2 Å². The maximum Gasteiger partial charge on any atom is 0.230 e. The van der Waals surface area contributed by atoms with E-state index in [9.17, 15) is 11.8 Å². The highest BCUT2D eigenvalue weighted by molar-refractivity contribution is 6.14. The zero-order chi connectivity index (χ0) is 46.5. The first-order chi connectivity index (χ1) is 33.1. The van der Waals surface area contributed by atoms with E-state index in [1.165, 1.54) is 0 Å². The number of hydrogen-bond acceptors (Lipinski definition) is 2. The fraction of sp³-hybridized carbons (Fsp3) is 0.111. The lowest BCUT2D eigenvalue weighted by Crippen LogP contribution is -2.42. The van der Waals surface area contributed by atoms with Crippen LogP contribution in [0.5, 0.6) is 0 Å². The van der Waals surface area contributed by atoms with Gasteiger partial charge in [0.25, 0.3) is 0 Å². The Balaban J connectivity index is 1.25. The van der Waals surface area contributed by atoms with Crippen molar-refractivity contribution in [2.75, 3.05) is 7.05 Å². The molecule has 0 amide bonds. The molecule has 324 valence electrons. The summed E-state index contributed by atoms with van der Waals surface area (Å²) in [6, 6.07) is 71.5. The number of nitrogens with zero attached hydrogens (tertiary/aromatic N) is 5. The Morgan fingerprint density at radius 3 is 1.15 bits per heavy atom. The molecule has 0 radical (unpaired) electrons. The van der Waals surface area contributed by atoms with E-state index in [1.54, 1.807) is 0 Å². The highest BCUT2D eigenvalue weighted by Crippen LogP contribution is 2.58. The van der Waals surface area contributed by atoms with Crippen molar-refractivity contribution in [2.24, 2.45) is 0 Å². The number of hydrogen-bond donors (Lipinski definition) is 0. The van der Waals surface area contributed by atoms with Crippen LogP contribution in [0.4, 0.5) is 5.69 Å². The third-order valence-electron chi connectivity index (χ3n) is 15.0. The van der Waals surface area contributed by atoms with Crippen LogP contribution in [0.25, 0.3) is 104 Å². The number of rotatable bonds is 6. The van der Waals surface area contributed by atoms with Crippen molar-refractivity contribution < 1.29 is 0 Å². The zero-order valence-electron chi connectivity index (χ0n) is 38.7. The van der Waals surface area contributed by atoms with Crippen LogP contribution in [0, 0.1) is 17.9 Å². The Morgan fingerprint density at radius 1 is 0.412 bits per heavy atom. The standard InChI is InChI=1S/C63H47N5/c1-62(2)57-58(63(3,4)66(62)6)61(68-54-34-30-45(41-21-13-8-14-22-41)36-51(54)49-32-28-47(38-56(49)68)43-25-17-10-18-26-43)59(65-5)52(39-64)60(57)67-53-33-29-44(40-19-11-7-12-20-40)35-50(53)48-31-27-46(37-55(48)67)42-23-15-9-16-24-42/h7-38H,1-4,6H3. The zero-order valence-corrected chi connectivity index (χ0v) is 38.7. The van der Waals surface area contributed by atoms with Crippen LogP contribution in [0.3, 0.4) is 0 Å². The molecule has 0 unspecified atom stereocenters. The summed E-state index contributed by atoms with van der Waals surface area (Å²) in [5.41, 5.74) is 15.9. The van der Waals surface area contributed by atoms with Gasteiger partial charge in [0.1, 0.15) is 0 Å². The van der Waals surface area contributed by atoms with Crippen molar-refractivity contribution in [3.05, 3.63) is 222 Å². The Bertz CT molecular complexity index is 3660. The van der Waals surface area contributed by atoms with E-state index in [-0.39, 0.29) is 0 Å². The van der Waals surface area contributed by atoms with Gasteiger partial charge >= 0.3 is 0 Å². The van der Waals surface area contributed by atoms with Gasteiger partial charge in [-0.25, -0.2) is 4.85 Å². The summed E-state index contributed by atoms with van der Waals surface area (Å²) >= 11 is 0. The summed E-state index contributed by atoms with van der Waals surface area (Å²) in [4.78, 5) is 6.93. The number of aromatic nitrogens is 2. The second-order valence-electron chi connectivity index (χ2n) is 19.1. The van der Waals surface area contributed by atoms with E-state index in [0.717, 1.165) is 111 Å². The number of fused-ring (bicyclic) bond motifs is 7. The van der Waals surface area contributed by atoms with E-state index >= 15 is 0 Å². The Kier molecular flexibility index (Phi) is 9.22. The number of benzene rings is 9. The van der Waals surface area contributed by atoms with Gasteiger partial charge in [-0.05, 0) is 121 Å². The molecule has 0 bridgehead atoms. The molecular weight excluding hydrogens is 827 g/mol. The Morgan fingerprint density at radius 2 is 0.765 bits per heavy atom. The molecule has 0 spiro atoms. The van der Waals surface area contributed by atoms with Gasteiger partial charge in [0.15, 0.2) is 0 Å². The van der Waals surface area contributed by atoms with Gasteiger partial charge in [0.2, 0.25) is 5.69 Å². The second kappa shape index (κ2) is 15.3. The first-order valence-electron chi connectivity index (χ1n) is 23.3. The van der Waals surface area contributed by atoms with Crippen molar-refractivity contribution >= 4 is 49.3 Å². The lowest BCUT2D eigenvalue weighted by Gasteiger charge is -2.38. The fourth-order valence-corrected chi connectivity index (χ4v) is 11.4. The largest absolute Gasteiger partial charge is 0.319 e. The molecule has 2 aromatic heterocycles. The predicted molar refractivity (Wildman–Crippen MR) is 282 cm³/mol. The molecule has 0 saturated carbocycles. The lowest BCUT2D eigenvalue weighted by molar-refractivity contribution is 0.0730. The molecule has 0 saturated heterocycles. The van der Waals surface area contributed by atoms with Crippen LogP contribution in [0.2, 0.25) is 0 Å².